The molecule has 1 aliphatic rings. The first-order valence-electron chi connectivity index (χ1n) is 7.37. The molecule has 2 N–H and O–H groups in total. The largest absolute Gasteiger partial charge is 0.495 e. The summed E-state index contributed by atoms with van der Waals surface area (Å²) in [6.07, 6.45) is 0. The molecule has 0 spiro atoms. The Morgan fingerprint density at radius 2 is 2.00 bits per heavy atom. The molecule has 1 atom stereocenters. The van der Waals surface area contributed by atoms with Crippen LogP contribution in [0.3, 0.4) is 0 Å². The number of hydrogen-bond donors (Lipinski definition) is 2. The van der Waals surface area contributed by atoms with E-state index < -0.39 is 6.04 Å². The van der Waals surface area contributed by atoms with Gasteiger partial charge in [-0.25, -0.2) is 0 Å². The molecule has 0 bridgehead atoms. The molecule has 126 valence electrons. The van der Waals surface area contributed by atoms with Crippen LogP contribution in [0.5, 0.6) is 17.2 Å². The highest BCUT2D eigenvalue weighted by molar-refractivity contribution is 6.31. The molecule has 0 saturated heterocycles. The monoisotopic (exact) mass is 348 g/mol. The van der Waals surface area contributed by atoms with Crippen molar-refractivity contribution in [2.24, 2.45) is 0 Å². The quantitative estimate of drug-likeness (QED) is 0.865. The molecule has 0 aliphatic carbocycles. The van der Waals surface area contributed by atoms with Crippen LogP contribution in [0, 0.1) is 0 Å². The van der Waals surface area contributed by atoms with E-state index in [9.17, 15) is 4.79 Å². The highest BCUT2D eigenvalue weighted by Gasteiger charge is 2.18. The van der Waals surface area contributed by atoms with Crippen LogP contribution in [0.15, 0.2) is 36.4 Å². The molecule has 0 radical (unpaired) electrons. The minimum atomic E-state index is -0.478. The molecule has 3 rings (SSSR count). The minimum absolute atomic E-state index is 0.212. The summed E-state index contributed by atoms with van der Waals surface area (Å²) in [5.41, 5.74) is 1.29. The van der Waals surface area contributed by atoms with Crippen LogP contribution >= 0.6 is 11.6 Å². The van der Waals surface area contributed by atoms with Crippen molar-refractivity contribution in [3.05, 3.63) is 41.4 Å². The van der Waals surface area contributed by atoms with Crippen molar-refractivity contribution in [1.82, 2.24) is 0 Å². The Morgan fingerprint density at radius 1 is 1.21 bits per heavy atom. The summed E-state index contributed by atoms with van der Waals surface area (Å²) in [7, 11) is 1.53. The Hall–Kier alpha value is -2.60. The fourth-order valence-electron chi connectivity index (χ4n) is 2.32. The SMILES string of the molecule is COc1ccc(Cl)cc1NC(=O)[C@@H](C)Nc1ccc2c(c1)OCO2. The number of hydrogen-bond acceptors (Lipinski definition) is 5. The number of carbonyl (C=O) groups is 1. The van der Waals surface area contributed by atoms with Gasteiger partial charge in [-0.3, -0.25) is 4.79 Å². The summed E-state index contributed by atoms with van der Waals surface area (Å²) in [6.45, 7) is 1.97. The summed E-state index contributed by atoms with van der Waals surface area (Å²) >= 11 is 5.97. The Balaban J connectivity index is 1.68. The Bertz CT molecular complexity index is 766. The van der Waals surface area contributed by atoms with E-state index in [2.05, 4.69) is 10.6 Å². The topological polar surface area (TPSA) is 68.8 Å². The molecule has 0 unspecified atom stereocenters. The fourth-order valence-corrected chi connectivity index (χ4v) is 2.49. The number of fused-ring (bicyclic) bond motifs is 1. The van der Waals surface area contributed by atoms with Crippen molar-refractivity contribution in [2.45, 2.75) is 13.0 Å². The lowest BCUT2D eigenvalue weighted by Crippen LogP contribution is -2.32. The standard InChI is InChI=1S/C17H17ClN2O4/c1-10(19-12-4-6-15-16(8-12)24-9-23-15)17(21)20-13-7-11(18)3-5-14(13)22-2/h3-8,10,19H,9H2,1-2H3,(H,20,21)/t10-/m1/s1. The first-order chi connectivity index (χ1) is 11.6. The van der Waals surface area contributed by atoms with Gasteiger partial charge in [0.15, 0.2) is 11.5 Å². The van der Waals surface area contributed by atoms with Crippen molar-refractivity contribution in [3.63, 3.8) is 0 Å². The maximum Gasteiger partial charge on any atom is 0.246 e. The van der Waals surface area contributed by atoms with Gasteiger partial charge in [-0.1, -0.05) is 11.6 Å². The number of carbonyl (C=O) groups excluding carboxylic acids is 1. The third-order valence-electron chi connectivity index (χ3n) is 3.57. The Kier molecular flexibility index (Phi) is 4.66. The lowest BCUT2D eigenvalue weighted by atomic mass is 10.2. The lowest BCUT2D eigenvalue weighted by Gasteiger charge is -2.17. The Labute approximate surface area is 144 Å². The van der Waals surface area contributed by atoms with Gasteiger partial charge in [0.1, 0.15) is 11.8 Å². The van der Waals surface area contributed by atoms with E-state index in [0.717, 1.165) is 5.69 Å². The molecule has 2 aromatic rings. The van der Waals surface area contributed by atoms with Crippen molar-refractivity contribution >= 4 is 28.9 Å². The molecular weight excluding hydrogens is 332 g/mol. The number of halogens is 1. The van der Waals surface area contributed by atoms with Crippen molar-refractivity contribution in [3.8, 4) is 17.2 Å². The average molecular weight is 349 g/mol. The van der Waals surface area contributed by atoms with Crippen molar-refractivity contribution in [1.29, 1.82) is 0 Å². The highest BCUT2D eigenvalue weighted by Crippen LogP contribution is 2.34. The van der Waals surface area contributed by atoms with E-state index >= 15 is 0 Å². The number of anilines is 2. The predicted molar refractivity (Wildman–Crippen MR) is 92.3 cm³/mol. The first-order valence-corrected chi connectivity index (χ1v) is 7.75. The Morgan fingerprint density at radius 3 is 2.79 bits per heavy atom. The molecule has 7 heteroatoms. The number of amides is 1. The molecule has 1 amide bonds. The van der Waals surface area contributed by atoms with E-state index in [1.54, 1.807) is 37.3 Å². The van der Waals surface area contributed by atoms with Crippen LogP contribution in [0.1, 0.15) is 6.92 Å². The van der Waals surface area contributed by atoms with E-state index in [1.165, 1.54) is 7.11 Å². The van der Waals surface area contributed by atoms with E-state index in [1.807, 2.05) is 6.07 Å². The molecule has 0 saturated carbocycles. The van der Waals surface area contributed by atoms with Crippen LogP contribution in [0.2, 0.25) is 5.02 Å². The molecule has 1 heterocycles. The molecular formula is C17H17ClN2O4. The van der Waals surface area contributed by atoms with Gasteiger partial charge in [0.25, 0.3) is 0 Å². The molecule has 1 aliphatic heterocycles. The fraction of sp³-hybridized carbons (Fsp3) is 0.235. The van der Waals surface area contributed by atoms with Crippen LogP contribution in [-0.2, 0) is 4.79 Å². The van der Waals surface area contributed by atoms with Crippen LogP contribution in [-0.4, -0.2) is 25.9 Å². The predicted octanol–water partition coefficient (Wildman–Crippen LogP) is 3.52. The summed E-state index contributed by atoms with van der Waals surface area (Å²) in [4.78, 5) is 12.4. The second-order valence-electron chi connectivity index (χ2n) is 5.27. The molecule has 24 heavy (non-hydrogen) atoms. The third kappa shape index (κ3) is 3.49. The van der Waals surface area contributed by atoms with Crippen LogP contribution < -0.4 is 24.8 Å². The highest BCUT2D eigenvalue weighted by atomic mass is 35.5. The van der Waals surface area contributed by atoms with Gasteiger partial charge >= 0.3 is 0 Å². The van der Waals surface area contributed by atoms with E-state index in [0.29, 0.717) is 28.0 Å². The zero-order valence-corrected chi connectivity index (χ0v) is 14.0. The van der Waals surface area contributed by atoms with Gasteiger partial charge in [-0.2, -0.15) is 0 Å². The zero-order chi connectivity index (χ0) is 17.1. The number of ether oxygens (including phenoxy) is 3. The minimum Gasteiger partial charge on any atom is -0.495 e. The molecule has 2 aromatic carbocycles. The smallest absolute Gasteiger partial charge is 0.246 e. The maximum atomic E-state index is 12.4. The first kappa shape index (κ1) is 16.3. The zero-order valence-electron chi connectivity index (χ0n) is 13.3. The maximum absolute atomic E-state index is 12.4. The summed E-state index contributed by atoms with van der Waals surface area (Å²) < 4.78 is 15.8. The molecule has 0 fully saturated rings. The van der Waals surface area contributed by atoms with Crippen LogP contribution in [0.4, 0.5) is 11.4 Å². The normalized spacial score (nSPS) is 13.3. The van der Waals surface area contributed by atoms with Gasteiger partial charge in [0, 0.05) is 16.8 Å². The van der Waals surface area contributed by atoms with Crippen molar-refractivity contribution < 1.29 is 19.0 Å². The van der Waals surface area contributed by atoms with Gasteiger partial charge in [-0.05, 0) is 37.3 Å². The number of rotatable bonds is 5. The van der Waals surface area contributed by atoms with E-state index in [-0.39, 0.29) is 12.7 Å². The lowest BCUT2D eigenvalue weighted by molar-refractivity contribution is -0.116. The second-order valence-corrected chi connectivity index (χ2v) is 5.70. The van der Waals surface area contributed by atoms with Crippen molar-refractivity contribution in [2.75, 3.05) is 24.5 Å². The van der Waals surface area contributed by atoms with Gasteiger partial charge in [0.2, 0.25) is 12.7 Å². The van der Waals surface area contributed by atoms with Gasteiger partial charge < -0.3 is 24.8 Å². The second kappa shape index (κ2) is 6.88. The molecule has 0 aromatic heterocycles. The van der Waals surface area contributed by atoms with Gasteiger partial charge in [-0.15, -0.1) is 0 Å². The summed E-state index contributed by atoms with van der Waals surface area (Å²) in [5.74, 6) is 1.68. The third-order valence-corrected chi connectivity index (χ3v) is 3.80. The van der Waals surface area contributed by atoms with Gasteiger partial charge in [0.05, 0.1) is 12.8 Å². The number of methoxy groups -OCH3 is 1. The number of benzene rings is 2. The average Bonchev–Trinajstić information content (AvgIpc) is 3.02. The number of nitrogens with one attached hydrogen (secondary N) is 2. The molecule has 6 nitrogen and oxygen atoms in total. The van der Waals surface area contributed by atoms with Crippen LogP contribution in [0.25, 0.3) is 0 Å². The van der Waals surface area contributed by atoms with E-state index in [4.69, 9.17) is 25.8 Å². The summed E-state index contributed by atoms with van der Waals surface area (Å²) in [6, 6.07) is 10.00. The summed E-state index contributed by atoms with van der Waals surface area (Å²) in [5, 5.41) is 6.45.